The monoisotopic (exact) mass is 840 g/mol. The van der Waals surface area contributed by atoms with Gasteiger partial charge in [0, 0.05) is 68.1 Å². The summed E-state index contributed by atoms with van der Waals surface area (Å²) >= 11 is 0. The fraction of sp³-hybridized carbons (Fsp3) is 0.600. The lowest BCUT2D eigenvalue weighted by molar-refractivity contribution is -0.183. The van der Waals surface area contributed by atoms with Gasteiger partial charge >= 0.3 is 0 Å². The van der Waals surface area contributed by atoms with Crippen molar-refractivity contribution in [2.45, 2.75) is 110 Å². The van der Waals surface area contributed by atoms with E-state index < -0.39 is 18.1 Å². The molecule has 1 heterocycles. The van der Waals surface area contributed by atoms with E-state index in [1.54, 1.807) is 19.3 Å². The van der Waals surface area contributed by atoms with Gasteiger partial charge in [-0.05, 0) is 110 Å². The lowest BCUT2D eigenvalue weighted by atomic mass is 9.45. The van der Waals surface area contributed by atoms with Crippen LogP contribution in [-0.2, 0) is 32.7 Å². The molecule has 334 valence electrons. The van der Waals surface area contributed by atoms with E-state index in [0.29, 0.717) is 42.0 Å². The summed E-state index contributed by atoms with van der Waals surface area (Å²) in [6, 6.07) is 19.7. The second kappa shape index (κ2) is 18.8. The Kier molecular flexibility index (Phi) is 14.3. The number of benzene rings is 3. The Labute approximate surface area is 365 Å². The third-order valence-electron chi connectivity index (χ3n) is 14.2. The first-order valence-corrected chi connectivity index (χ1v) is 22.2. The van der Waals surface area contributed by atoms with E-state index in [2.05, 4.69) is 87.4 Å². The van der Waals surface area contributed by atoms with Gasteiger partial charge in [0.25, 0.3) is 5.91 Å². The van der Waals surface area contributed by atoms with Crippen LogP contribution in [-0.4, -0.2) is 113 Å². The van der Waals surface area contributed by atoms with Gasteiger partial charge in [-0.3, -0.25) is 14.4 Å². The van der Waals surface area contributed by atoms with Crippen molar-refractivity contribution in [1.29, 1.82) is 0 Å². The fourth-order valence-corrected chi connectivity index (χ4v) is 10.4. The number of nitrogens with one attached hydrogen (secondary N) is 2. The van der Waals surface area contributed by atoms with Gasteiger partial charge in [0.1, 0.15) is 17.9 Å². The second-order valence-electron chi connectivity index (χ2n) is 20.2. The zero-order valence-corrected chi connectivity index (χ0v) is 39.0. The molecule has 11 nitrogen and oxygen atoms in total. The molecular formula is C50H73N5O6. The van der Waals surface area contributed by atoms with Crippen LogP contribution in [0.15, 0.2) is 60.7 Å². The predicted octanol–water partition coefficient (Wildman–Crippen LogP) is 6.94. The Morgan fingerprint density at radius 2 is 1.72 bits per heavy atom. The van der Waals surface area contributed by atoms with Crippen molar-refractivity contribution in [2.75, 3.05) is 60.5 Å². The standard InChI is InChI=1S/C50H73N5O6/c1-30-41-25-37(50(41,6)7)26-42(30)52-48(58)45-44(31(2)59-12)43(29-56)61-55(45)27-35-21-36(49(3,4)5)24-40(46(35)60-13)33-20-34(23-39(22-33)54(10)11)47(57)51-38(28-53(8)9)19-32-17-15-14-16-18-32/h14-18,20-24,30-31,37-38,41-45,56H,19,25-29H2,1-13H3,(H,51,57)(H,52,58)/t30-,31-,37+,38-,41-,42-,43-,44+,45-/m0/s1. The maximum Gasteiger partial charge on any atom is 0.251 e. The highest BCUT2D eigenvalue weighted by atomic mass is 16.7. The Balaban J connectivity index is 1.38. The molecule has 4 aliphatic rings. The number of nitrogens with zero attached hydrogens (tertiary/aromatic N) is 3. The van der Waals surface area contributed by atoms with Crippen LogP contribution in [0.1, 0.15) is 88.4 Å². The lowest BCUT2D eigenvalue weighted by Gasteiger charge is -2.62. The SMILES string of the molecule is COc1c(CN2O[C@@H](CO)[C@@H]([C@H](C)OC)[C@H]2C(=O)N[C@H]2C[C@H]3C[C@@H]([C@@H]2C)C3(C)C)cc(C(C)(C)C)cc1-c1cc(C(=O)N[C@@H](Cc2ccccc2)CN(C)C)cc(N(C)C)c1. The number of likely N-dealkylation sites (N-methyl/N-ethyl adjacent to an activating group) is 1. The molecule has 9 atom stereocenters. The van der Waals surface area contributed by atoms with Crippen molar-refractivity contribution in [2.24, 2.45) is 29.1 Å². The Morgan fingerprint density at radius 3 is 2.30 bits per heavy atom. The van der Waals surface area contributed by atoms with Crippen LogP contribution < -0.4 is 20.3 Å². The molecule has 3 aliphatic carbocycles. The van der Waals surface area contributed by atoms with E-state index in [1.165, 1.54) is 6.42 Å². The first-order valence-electron chi connectivity index (χ1n) is 22.2. The molecule has 61 heavy (non-hydrogen) atoms. The van der Waals surface area contributed by atoms with Crippen molar-refractivity contribution < 1.29 is 29.0 Å². The average Bonchev–Trinajstić information content (AvgIpc) is 3.58. The maximum atomic E-state index is 14.7. The number of rotatable bonds is 16. The van der Waals surface area contributed by atoms with Gasteiger partial charge in [0.15, 0.2) is 0 Å². The van der Waals surface area contributed by atoms with Crippen LogP contribution in [0.2, 0.25) is 0 Å². The minimum Gasteiger partial charge on any atom is -0.496 e. The summed E-state index contributed by atoms with van der Waals surface area (Å²) in [4.78, 5) is 39.6. The summed E-state index contributed by atoms with van der Waals surface area (Å²) in [6.45, 7) is 16.1. The molecule has 3 saturated carbocycles. The van der Waals surface area contributed by atoms with E-state index in [4.69, 9.17) is 14.3 Å². The molecule has 0 unspecified atom stereocenters. The first-order chi connectivity index (χ1) is 28.8. The number of hydrogen-bond donors (Lipinski definition) is 3. The van der Waals surface area contributed by atoms with Gasteiger partial charge in [0.05, 0.1) is 26.4 Å². The number of hydrogen-bond acceptors (Lipinski definition) is 9. The summed E-state index contributed by atoms with van der Waals surface area (Å²) in [7, 11) is 11.3. The number of carbonyl (C=O) groups is 2. The normalized spacial score (nSPS) is 25.7. The molecule has 0 aromatic heterocycles. The quantitative estimate of drug-likeness (QED) is 0.141. The molecule has 7 rings (SSSR count). The number of carbonyl (C=O) groups excluding carboxylic acids is 2. The highest BCUT2D eigenvalue weighted by Crippen LogP contribution is 2.61. The number of aliphatic hydroxyl groups excluding tert-OH is 1. The summed E-state index contributed by atoms with van der Waals surface area (Å²) < 4.78 is 12.2. The summed E-state index contributed by atoms with van der Waals surface area (Å²) in [5, 5.41) is 19.2. The Morgan fingerprint density at radius 1 is 1.02 bits per heavy atom. The third kappa shape index (κ3) is 9.97. The van der Waals surface area contributed by atoms with Gasteiger partial charge in [-0.15, -0.1) is 0 Å². The second-order valence-corrected chi connectivity index (χ2v) is 20.2. The van der Waals surface area contributed by atoms with E-state index >= 15 is 0 Å². The van der Waals surface area contributed by atoms with E-state index in [9.17, 15) is 14.7 Å². The van der Waals surface area contributed by atoms with Gasteiger partial charge in [-0.1, -0.05) is 77.9 Å². The van der Waals surface area contributed by atoms with Crippen molar-refractivity contribution in [3.8, 4) is 16.9 Å². The molecule has 3 aromatic rings. The van der Waals surface area contributed by atoms with Crippen molar-refractivity contribution in [3.63, 3.8) is 0 Å². The number of ether oxygens (including phenoxy) is 2. The minimum absolute atomic E-state index is 0.0648. The average molecular weight is 840 g/mol. The van der Waals surface area contributed by atoms with Crippen molar-refractivity contribution in [1.82, 2.24) is 20.6 Å². The summed E-state index contributed by atoms with van der Waals surface area (Å²) in [5.41, 5.74) is 6.15. The number of fused-ring (bicyclic) bond motifs is 2. The molecule has 11 heteroatoms. The van der Waals surface area contributed by atoms with E-state index in [1.807, 2.05) is 70.3 Å². The fourth-order valence-electron chi connectivity index (χ4n) is 10.4. The van der Waals surface area contributed by atoms with Crippen LogP contribution in [0.4, 0.5) is 5.69 Å². The number of amides is 2. The molecule has 0 radical (unpaired) electrons. The molecule has 3 aromatic carbocycles. The number of anilines is 1. The van der Waals surface area contributed by atoms with Gasteiger partial charge < -0.3 is 35.0 Å². The first kappa shape index (κ1) is 46.5. The van der Waals surface area contributed by atoms with Crippen LogP contribution in [0.25, 0.3) is 11.1 Å². The largest absolute Gasteiger partial charge is 0.496 e. The van der Waals surface area contributed by atoms with Gasteiger partial charge in [0.2, 0.25) is 5.91 Å². The number of methoxy groups -OCH3 is 2. The highest BCUT2D eigenvalue weighted by molar-refractivity contribution is 5.97. The van der Waals surface area contributed by atoms with Crippen molar-refractivity contribution in [3.05, 3.63) is 82.9 Å². The van der Waals surface area contributed by atoms with Crippen LogP contribution in [0.5, 0.6) is 5.75 Å². The molecule has 1 saturated heterocycles. The van der Waals surface area contributed by atoms with Crippen LogP contribution in [0.3, 0.4) is 0 Å². The Bertz CT molecular complexity index is 2000. The van der Waals surface area contributed by atoms with Gasteiger partial charge in [-0.2, -0.15) is 5.06 Å². The third-order valence-corrected chi connectivity index (χ3v) is 14.2. The number of aliphatic hydroxyl groups is 1. The zero-order chi connectivity index (χ0) is 44.6. The molecule has 2 amide bonds. The summed E-state index contributed by atoms with van der Waals surface area (Å²) in [6.07, 6.45) is 1.87. The van der Waals surface area contributed by atoms with E-state index in [0.717, 1.165) is 39.9 Å². The van der Waals surface area contributed by atoms with Crippen LogP contribution >= 0.6 is 0 Å². The molecule has 1 aliphatic heterocycles. The lowest BCUT2D eigenvalue weighted by Crippen LogP contribution is -2.62. The Hall–Kier alpha value is -4.00. The molecular weight excluding hydrogens is 767 g/mol. The zero-order valence-electron chi connectivity index (χ0n) is 39.0. The van der Waals surface area contributed by atoms with Gasteiger partial charge in [-0.25, -0.2) is 0 Å². The summed E-state index contributed by atoms with van der Waals surface area (Å²) in [5.74, 6) is 1.45. The maximum absolute atomic E-state index is 14.7. The molecule has 0 spiro atoms. The predicted molar refractivity (Wildman–Crippen MR) is 244 cm³/mol. The molecule has 4 fully saturated rings. The topological polar surface area (TPSA) is 116 Å². The van der Waals surface area contributed by atoms with Crippen LogP contribution in [0, 0.1) is 29.1 Å². The highest BCUT2D eigenvalue weighted by Gasteiger charge is 2.57. The molecule has 3 N–H and O–H groups in total. The van der Waals surface area contributed by atoms with Crippen molar-refractivity contribution >= 4 is 17.5 Å². The van der Waals surface area contributed by atoms with E-state index in [-0.39, 0.29) is 54.0 Å². The number of hydroxylamine groups is 2. The smallest absolute Gasteiger partial charge is 0.251 e. The minimum atomic E-state index is -0.727. The molecule has 2 bridgehead atoms.